The molecule has 0 unspecified atom stereocenters. The molecule has 0 aliphatic rings. The van der Waals surface area contributed by atoms with Crippen molar-refractivity contribution in [1.82, 2.24) is 0 Å². The maximum absolute atomic E-state index is 12.5. The normalized spacial score (nSPS) is 10.7. The first-order chi connectivity index (χ1) is 9.47. The molecular weight excluding hydrogens is 316 g/mol. The topological polar surface area (TPSA) is 26.3 Å². The Morgan fingerprint density at radius 1 is 1.10 bits per heavy atom. The van der Waals surface area contributed by atoms with Gasteiger partial charge in [0.2, 0.25) is 0 Å². The van der Waals surface area contributed by atoms with Crippen LogP contribution in [0.25, 0.3) is 0 Å². The van der Waals surface area contributed by atoms with Crippen LogP contribution in [-0.2, 0) is 0 Å². The molecule has 0 atom stereocenters. The highest BCUT2D eigenvalue weighted by molar-refractivity contribution is 9.10. The molecule has 0 aliphatic carbocycles. The molecule has 0 saturated heterocycles. The van der Waals surface area contributed by atoms with E-state index < -0.39 is 0 Å². The summed E-state index contributed by atoms with van der Waals surface area (Å²) in [5.74, 6) is 0.788. The van der Waals surface area contributed by atoms with E-state index in [9.17, 15) is 4.79 Å². The van der Waals surface area contributed by atoms with Gasteiger partial charge >= 0.3 is 0 Å². The summed E-state index contributed by atoms with van der Waals surface area (Å²) in [4.78, 5) is 12.5. The minimum atomic E-state index is 0.0108. The average Bonchev–Trinajstić information content (AvgIpc) is 2.41. The van der Waals surface area contributed by atoms with Crippen molar-refractivity contribution in [3.05, 3.63) is 63.6 Å². The van der Waals surface area contributed by atoms with Crippen LogP contribution in [0.2, 0.25) is 0 Å². The lowest BCUT2D eigenvalue weighted by atomic mass is 10.0. The maximum atomic E-state index is 12.5. The van der Waals surface area contributed by atoms with Gasteiger partial charge in [-0.15, -0.1) is 0 Å². The molecule has 20 heavy (non-hydrogen) atoms. The molecule has 2 nitrogen and oxygen atoms in total. The first kappa shape index (κ1) is 14.8. The fourth-order valence-electron chi connectivity index (χ4n) is 1.93. The molecule has 0 bridgehead atoms. The Morgan fingerprint density at radius 2 is 1.75 bits per heavy atom. The molecule has 0 spiro atoms. The Hall–Kier alpha value is -1.61. The Labute approximate surface area is 127 Å². The monoisotopic (exact) mass is 332 g/mol. The number of aryl methyl sites for hydroxylation is 1. The van der Waals surface area contributed by atoms with Gasteiger partial charge in [0.05, 0.1) is 6.10 Å². The van der Waals surface area contributed by atoms with Crippen LogP contribution in [0.1, 0.15) is 35.3 Å². The van der Waals surface area contributed by atoms with E-state index in [1.54, 1.807) is 12.1 Å². The summed E-state index contributed by atoms with van der Waals surface area (Å²) in [7, 11) is 0. The third-order valence-corrected chi connectivity index (χ3v) is 3.55. The van der Waals surface area contributed by atoms with Crippen LogP contribution in [0.15, 0.2) is 46.9 Å². The van der Waals surface area contributed by atoms with E-state index in [4.69, 9.17) is 4.74 Å². The van der Waals surface area contributed by atoms with Gasteiger partial charge in [0.25, 0.3) is 0 Å². The first-order valence-electron chi connectivity index (χ1n) is 6.55. The van der Waals surface area contributed by atoms with E-state index in [1.807, 2.05) is 51.1 Å². The second-order valence-corrected chi connectivity index (χ2v) is 5.86. The van der Waals surface area contributed by atoms with Gasteiger partial charge in [0.1, 0.15) is 5.75 Å². The van der Waals surface area contributed by atoms with Crippen molar-refractivity contribution in [2.45, 2.75) is 26.9 Å². The zero-order valence-electron chi connectivity index (χ0n) is 11.8. The van der Waals surface area contributed by atoms with Gasteiger partial charge in [0.15, 0.2) is 5.78 Å². The van der Waals surface area contributed by atoms with E-state index >= 15 is 0 Å². The zero-order chi connectivity index (χ0) is 14.7. The number of ketones is 1. The molecule has 0 aromatic heterocycles. The predicted molar refractivity (Wildman–Crippen MR) is 84.5 cm³/mol. The number of carbonyl (C=O) groups excluding carboxylic acids is 1. The minimum absolute atomic E-state index is 0.0108. The molecule has 0 heterocycles. The second kappa shape index (κ2) is 6.23. The Kier molecular flexibility index (Phi) is 4.61. The fraction of sp³-hybridized carbons (Fsp3) is 0.235. The number of carbonyl (C=O) groups is 1. The number of hydrogen-bond donors (Lipinski definition) is 0. The number of hydrogen-bond acceptors (Lipinski definition) is 2. The third-order valence-electron chi connectivity index (χ3n) is 2.85. The first-order valence-corrected chi connectivity index (χ1v) is 7.34. The summed E-state index contributed by atoms with van der Waals surface area (Å²) in [5.41, 5.74) is 2.41. The summed E-state index contributed by atoms with van der Waals surface area (Å²) in [5, 5.41) is 0. The minimum Gasteiger partial charge on any atom is -0.491 e. The van der Waals surface area contributed by atoms with Crippen LogP contribution in [-0.4, -0.2) is 11.9 Å². The molecule has 0 N–H and O–H groups in total. The highest BCUT2D eigenvalue weighted by Gasteiger charge is 2.13. The lowest BCUT2D eigenvalue weighted by Gasteiger charge is -2.10. The fourth-order valence-corrected chi connectivity index (χ4v) is 2.35. The average molecular weight is 333 g/mol. The van der Waals surface area contributed by atoms with Crippen LogP contribution in [0, 0.1) is 6.92 Å². The van der Waals surface area contributed by atoms with Crippen molar-refractivity contribution in [2.75, 3.05) is 0 Å². The van der Waals surface area contributed by atoms with E-state index in [-0.39, 0.29) is 11.9 Å². The van der Waals surface area contributed by atoms with Crippen molar-refractivity contribution in [1.29, 1.82) is 0 Å². The molecule has 0 radical (unpaired) electrons. The van der Waals surface area contributed by atoms with Crippen LogP contribution >= 0.6 is 15.9 Å². The molecule has 0 aliphatic heterocycles. The van der Waals surface area contributed by atoms with Gasteiger partial charge in [0, 0.05) is 15.6 Å². The van der Waals surface area contributed by atoms with Gasteiger partial charge in [-0.2, -0.15) is 0 Å². The van der Waals surface area contributed by atoms with Crippen LogP contribution in [0.4, 0.5) is 0 Å². The van der Waals surface area contributed by atoms with Crippen molar-refractivity contribution < 1.29 is 9.53 Å². The Bertz CT molecular complexity index is 615. The summed E-state index contributed by atoms with van der Waals surface area (Å²) >= 11 is 3.43. The van der Waals surface area contributed by atoms with Crippen molar-refractivity contribution in [3.63, 3.8) is 0 Å². The summed E-state index contributed by atoms with van der Waals surface area (Å²) < 4.78 is 6.39. The largest absolute Gasteiger partial charge is 0.491 e. The van der Waals surface area contributed by atoms with Crippen molar-refractivity contribution in [2.24, 2.45) is 0 Å². The summed E-state index contributed by atoms with van der Waals surface area (Å²) in [6.45, 7) is 5.93. The predicted octanol–water partition coefficient (Wildman–Crippen LogP) is 4.78. The molecular formula is C17H17BrO2. The molecule has 0 amide bonds. The van der Waals surface area contributed by atoms with Gasteiger partial charge in [-0.3, -0.25) is 4.79 Å². The number of halogens is 1. The maximum Gasteiger partial charge on any atom is 0.194 e. The molecule has 2 rings (SSSR count). The zero-order valence-corrected chi connectivity index (χ0v) is 13.4. The van der Waals surface area contributed by atoms with Crippen LogP contribution < -0.4 is 4.74 Å². The molecule has 104 valence electrons. The Balaban J connectivity index is 2.27. The lowest BCUT2D eigenvalue weighted by Crippen LogP contribution is -2.06. The number of benzene rings is 2. The molecule has 0 saturated carbocycles. The molecule has 0 fully saturated rings. The third kappa shape index (κ3) is 3.48. The second-order valence-electron chi connectivity index (χ2n) is 5.00. The SMILES string of the molecule is Cc1ccc(Br)c(C(=O)c2ccc(OC(C)C)cc2)c1. The van der Waals surface area contributed by atoms with Crippen LogP contribution in [0.3, 0.4) is 0 Å². The van der Waals surface area contributed by atoms with E-state index in [2.05, 4.69) is 15.9 Å². The lowest BCUT2D eigenvalue weighted by molar-refractivity contribution is 0.103. The van der Waals surface area contributed by atoms with Crippen molar-refractivity contribution in [3.8, 4) is 5.75 Å². The van der Waals surface area contributed by atoms with E-state index in [0.29, 0.717) is 11.1 Å². The van der Waals surface area contributed by atoms with E-state index in [0.717, 1.165) is 15.8 Å². The number of ether oxygens (including phenoxy) is 1. The molecule has 2 aromatic rings. The van der Waals surface area contributed by atoms with Crippen molar-refractivity contribution >= 4 is 21.7 Å². The smallest absolute Gasteiger partial charge is 0.194 e. The molecule has 3 heteroatoms. The molecule has 2 aromatic carbocycles. The van der Waals surface area contributed by atoms with Crippen LogP contribution in [0.5, 0.6) is 5.75 Å². The van der Waals surface area contributed by atoms with Gasteiger partial charge < -0.3 is 4.74 Å². The van der Waals surface area contributed by atoms with Gasteiger partial charge in [-0.05, 0) is 57.2 Å². The highest BCUT2D eigenvalue weighted by Crippen LogP contribution is 2.23. The Morgan fingerprint density at radius 3 is 2.35 bits per heavy atom. The number of rotatable bonds is 4. The summed E-state index contributed by atoms with van der Waals surface area (Å²) in [6.07, 6.45) is 0.127. The highest BCUT2D eigenvalue weighted by atomic mass is 79.9. The quantitative estimate of drug-likeness (QED) is 0.753. The van der Waals surface area contributed by atoms with Gasteiger partial charge in [-0.1, -0.05) is 27.6 Å². The van der Waals surface area contributed by atoms with Gasteiger partial charge in [-0.25, -0.2) is 0 Å². The summed E-state index contributed by atoms with van der Waals surface area (Å²) in [6, 6.07) is 13.0. The standard InChI is InChI=1S/C17H17BrO2/c1-11(2)20-14-7-5-13(6-8-14)17(19)15-10-12(3)4-9-16(15)18/h4-11H,1-3H3. The van der Waals surface area contributed by atoms with E-state index in [1.165, 1.54) is 0 Å².